The number of para-hydroxylation sites is 1. The fourth-order valence-corrected chi connectivity index (χ4v) is 4.03. The summed E-state index contributed by atoms with van der Waals surface area (Å²) in [7, 11) is 0. The Balaban J connectivity index is 1.51. The number of hydrogen-bond acceptors (Lipinski definition) is 4. The Hall–Kier alpha value is -3.57. The lowest BCUT2D eigenvalue weighted by atomic mass is 10.0. The Bertz CT molecular complexity index is 1350. The van der Waals surface area contributed by atoms with Crippen LogP contribution in [0.3, 0.4) is 0 Å². The number of benzene rings is 3. The van der Waals surface area contributed by atoms with Gasteiger partial charge in [-0.25, -0.2) is 0 Å². The summed E-state index contributed by atoms with van der Waals surface area (Å²) in [5, 5.41) is 3.87. The summed E-state index contributed by atoms with van der Waals surface area (Å²) in [6.07, 6.45) is 3.05. The van der Waals surface area contributed by atoms with Crippen LogP contribution in [0.15, 0.2) is 76.1 Å². The molecule has 168 valence electrons. The van der Waals surface area contributed by atoms with Crippen LogP contribution in [0.1, 0.15) is 25.0 Å². The Morgan fingerprint density at radius 1 is 0.970 bits per heavy atom. The Labute approximate surface area is 197 Å². The SMILES string of the molecule is CCc1cccc(CC)c1NC(=O)COc1ccc2c(=O)c(-c3ccccc3Cl)coc2c1. The van der Waals surface area contributed by atoms with Crippen molar-refractivity contribution < 1.29 is 13.9 Å². The van der Waals surface area contributed by atoms with E-state index < -0.39 is 0 Å². The van der Waals surface area contributed by atoms with Crippen LogP contribution in [-0.4, -0.2) is 12.5 Å². The number of halogens is 1. The molecule has 0 aliphatic carbocycles. The van der Waals surface area contributed by atoms with Crippen molar-refractivity contribution in [1.82, 2.24) is 0 Å². The molecule has 0 fully saturated rings. The number of hydrogen-bond donors (Lipinski definition) is 1. The van der Waals surface area contributed by atoms with Crippen LogP contribution in [0.25, 0.3) is 22.1 Å². The third kappa shape index (κ3) is 4.78. The maximum Gasteiger partial charge on any atom is 0.262 e. The fourth-order valence-electron chi connectivity index (χ4n) is 3.79. The molecular formula is C27H24ClNO4. The molecule has 0 bridgehead atoms. The van der Waals surface area contributed by atoms with Crippen LogP contribution < -0.4 is 15.5 Å². The molecule has 0 atom stereocenters. The Kier molecular flexibility index (Phi) is 6.80. The Morgan fingerprint density at radius 2 is 1.70 bits per heavy atom. The molecule has 5 nitrogen and oxygen atoms in total. The maximum absolute atomic E-state index is 13.0. The first-order valence-electron chi connectivity index (χ1n) is 10.9. The standard InChI is InChI=1S/C27H24ClNO4/c1-3-17-8-7-9-18(4-2)26(17)29-25(30)16-32-19-12-13-21-24(14-19)33-15-22(27(21)31)20-10-5-6-11-23(20)28/h5-15H,3-4,16H2,1-2H3,(H,29,30). The van der Waals surface area contributed by atoms with E-state index in [0.29, 0.717) is 32.9 Å². The average molecular weight is 462 g/mol. The lowest BCUT2D eigenvalue weighted by Gasteiger charge is -2.14. The molecule has 3 aromatic carbocycles. The molecule has 4 aromatic rings. The zero-order valence-electron chi connectivity index (χ0n) is 18.5. The molecular weight excluding hydrogens is 438 g/mol. The molecule has 1 amide bonds. The van der Waals surface area contributed by atoms with E-state index in [-0.39, 0.29) is 17.9 Å². The Morgan fingerprint density at radius 3 is 2.39 bits per heavy atom. The predicted octanol–water partition coefficient (Wildman–Crippen LogP) is 6.26. The van der Waals surface area contributed by atoms with Crippen LogP contribution in [-0.2, 0) is 17.6 Å². The number of aryl methyl sites for hydroxylation is 2. The van der Waals surface area contributed by atoms with Gasteiger partial charge < -0.3 is 14.5 Å². The van der Waals surface area contributed by atoms with E-state index in [1.807, 2.05) is 24.3 Å². The summed E-state index contributed by atoms with van der Waals surface area (Å²) < 4.78 is 11.4. The van der Waals surface area contributed by atoms with Crippen molar-refractivity contribution in [2.75, 3.05) is 11.9 Å². The van der Waals surface area contributed by atoms with Gasteiger partial charge in [0.25, 0.3) is 5.91 Å². The van der Waals surface area contributed by atoms with Gasteiger partial charge in [0.2, 0.25) is 5.43 Å². The first-order chi connectivity index (χ1) is 16.0. The fraction of sp³-hybridized carbons (Fsp3) is 0.185. The minimum atomic E-state index is -0.249. The first-order valence-corrected chi connectivity index (χ1v) is 11.2. The molecule has 0 saturated heterocycles. The minimum absolute atomic E-state index is 0.158. The summed E-state index contributed by atoms with van der Waals surface area (Å²) >= 11 is 6.24. The van der Waals surface area contributed by atoms with Gasteiger partial charge in [-0.3, -0.25) is 9.59 Å². The molecule has 0 unspecified atom stereocenters. The van der Waals surface area contributed by atoms with E-state index in [0.717, 1.165) is 29.7 Å². The van der Waals surface area contributed by atoms with E-state index in [2.05, 4.69) is 19.2 Å². The summed E-state index contributed by atoms with van der Waals surface area (Å²) in [6.45, 7) is 3.95. The number of fused-ring (bicyclic) bond motifs is 1. The second-order valence-corrected chi connectivity index (χ2v) is 8.02. The molecule has 1 heterocycles. The lowest BCUT2D eigenvalue weighted by Crippen LogP contribution is -2.21. The van der Waals surface area contributed by atoms with Gasteiger partial charge in [-0.05, 0) is 42.2 Å². The highest BCUT2D eigenvalue weighted by Gasteiger charge is 2.14. The van der Waals surface area contributed by atoms with E-state index in [1.54, 1.807) is 36.4 Å². The summed E-state index contributed by atoms with van der Waals surface area (Å²) in [5.41, 5.74) is 4.23. The molecule has 0 aliphatic heterocycles. The van der Waals surface area contributed by atoms with Gasteiger partial charge in [0, 0.05) is 22.3 Å². The molecule has 0 spiro atoms. The molecule has 0 radical (unpaired) electrons. The second-order valence-electron chi connectivity index (χ2n) is 7.61. The normalized spacial score (nSPS) is 10.9. The molecule has 6 heteroatoms. The maximum atomic E-state index is 13.0. The van der Waals surface area contributed by atoms with Crippen LogP contribution in [0, 0.1) is 0 Å². The molecule has 4 rings (SSSR count). The van der Waals surface area contributed by atoms with E-state index >= 15 is 0 Å². The lowest BCUT2D eigenvalue weighted by molar-refractivity contribution is -0.118. The smallest absolute Gasteiger partial charge is 0.262 e. The second kappa shape index (κ2) is 9.92. The molecule has 0 saturated carbocycles. The molecule has 0 aliphatic rings. The van der Waals surface area contributed by atoms with E-state index in [1.165, 1.54) is 6.26 Å². The van der Waals surface area contributed by atoms with Crippen molar-refractivity contribution in [2.24, 2.45) is 0 Å². The van der Waals surface area contributed by atoms with Gasteiger partial charge in [-0.2, -0.15) is 0 Å². The predicted molar refractivity (Wildman–Crippen MR) is 132 cm³/mol. The van der Waals surface area contributed by atoms with Crippen molar-refractivity contribution in [2.45, 2.75) is 26.7 Å². The van der Waals surface area contributed by atoms with Crippen LogP contribution in [0.4, 0.5) is 5.69 Å². The highest BCUT2D eigenvalue weighted by molar-refractivity contribution is 6.33. The average Bonchev–Trinajstić information content (AvgIpc) is 2.83. The van der Waals surface area contributed by atoms with Crippen molar-refractivity contribution >= 4 is 34.2 Å². The number of ether oxygens (including phenoxy) is 1. The molecule has 1 N–H and O–H groups in total. The van der Waals surface area contributed by atoms with Gasteiger partial charge in [-0.1, -0.05) is 61.8 Å². The van der Waals surface area contributed by atoms with Crippen LogP contribution in [0.5, 0.6) is 5.75 Å². The van der Waals surface area contributed by atoms with Crippen molar-refractivity contribution in [1.29, 1.82) is 0 Å². The quantitative estimate of drug-likeness (QED) is 0.353. The largest absolute Gasteiger partial charge is 0.484 e. The highest BCUT2D eigenvalue weighted by atomic mass is 35.5. The summed E-state index contributed by atoms with van der Waals surface area (Å²) in [6, 6.07) is 18.0. The van der Waals surface area contributed by atoms with Crippen molar-refractivity contribution in [3.05, 3.63) is 93.3 Å². The number of carbonyl (C=O) groups excluding carboxylic acids is 1. The zero-order chi connectivity index (χ0) is 23.4. The van der Waals surface area contributed by atoms with Crippen molar-refractivity contribution in [3.63, 3.8) is 0 Å². The monoisotopic (exact) mass is 461 g/mol. The summed E-state index contributed by atoms with van der Waals surface area (Å²) in [5.74, 6) is 0.187. The van der Waals surface area contributed by atoms with Gasteiger partial charge in [0.05, 0.1) is 10.9 Å². The topological polar surface area (TPSA) is 68.5 Å². The van der Waals surface area contributed by atoms with Gasteiger partial charge in [0.1, 0.15) is 17.6 Å². The number of rotatable bonds is 7. The third-order valence-corrected chi connectivity index (χ3v) is 5.87. The van der Waals surface area contributed by atoms with Gasteiger partial charge in [0.15, 0.2) is 6.61 Å². The van der Waals surface area contributed by atoms with Crippen molar-refractivity contribution in [3.8, 4) is 16.9 Å². The summed E-state index contributed by atoms with van der Waals surface area (Å²) in [4.78, 5) is 25.5. The van der Waals surface area contributed by atoms with Gasteiger partial charge in [-0.15, -0.1) is 0 Å². The molecule has 1 aromatic heterocycles. The molecule has 33 heavy (non-hydrogen) atoms. The number of carbonyl (C=O) groups is 1. The van der Waals surface area contributed by atoms with E-state index in [4.69, 9.17) is 20.8 Å². The van der Waals surface area contributed by atoms with E-state index in [9.17, 15) is 9.59 Å². The number of anilines is 1. The minimum Gasteiger partial charge on any atom is -0.484 e. The number of amides is 1. The third-order valence-electron chi connectivity index (χ3n) is 5.54. The van der Waals surface area contributed by atoms with Gasteiger partial charge >= 0.3 is 0 Å². The highest BCUT2D eigenvalue weighted by Crippen LogP contribution is 2.28. The first kappa shape index (κ1) is 22.6. The van der Waals surface area contributed by atoms with Crippen LogP contribution >= 0.6 is 11.6 Å². The zero-order valence-corrected chi connectivity index (χ0v) is 19.2. The van der Waals surface area contributed by atoms with Crippen LogP contribution in [0.2, 0.25) is 5.02 Å². The number of nitrogens with one attached hydrogen (secondary N) is 1.